The van der Waals surface area contributed by atoms with Crippen LogP contribution in [-0.2, 0) is 16.0 Å². The van der Waals surface area contributed by atoms with E-state index in [1.807, 2.05) is 12.1 Å². The number of amides is 3. The van der Waals surface area contributed by atoms with Crippen molar-refractivity contribution in [3.63, 3.8) is 0 Å². The maximum atomic E-state index is 12.1. The summed E-state index contributed by atoms with van der Waals surface area (Å²) < 4.78 is 5.07. The van der Waals surface area contributed by atoms with E-state index in [0.717, 1.165) is 11.3 Å². The lowest BCUT2D eigenvalue weighted by Crippen LogP contribution is -2.33. The molecule has 7 nitrogen and oxygen atoms in total. The molecular formula is C18H19N3O4. The number of nitrogens with two attached hydrogens (primary N) is 1. The molecule has 130 valence electrons. The number of primary amides is 1. The zero-order valence-electron chi connectivity index (χ0n) is 13.7. The molecule has 4 N–H and O–H groups in total. The SMILES string of the molecule is COc1ccc(CC(=O)Nc2cccc(C(=O)NCC(N)=O)c2)cc1. The lowest BCUT2D eigenvalue weighted by atomic mass is 10.1. The monoisotopic (exact) mass is 341 g/mol. The van der Waals surface area contributed by atoms with E-state index >= 15 is 0 Å². The zero-order valence-corrected chi connectivity index (χ0v) is 13.7. The van der Waals surface area contributed by atoms with Crippen molar-refractivity contribution in [3.05, 3.63) is 59.7 Å². The molecular weight excluding hydrogens is 322 g/mol. The number of methoxy groups -OCH3 is 1. The predicted octanol–water partition coefficient (Wildman–Crippen LogP) is 1.09. The summed E-state index contributed by atoms with van der Waals surface area (Å²) in [4.78, 5) is 34.7. The quantitative estimate of drug-likeness (QED) is 0.700. The van der Waals surface area contributed by atoms with Crippen molar-refractivity contribution in [2.45, 2.75) is 6.42 Å². The first-order valence-corrected chi connectivity index (χ1v) is 7.57. The van der Waals surface area contributed by atoms with Crippen molar-refractivity contribution < 1.29 is 19.1 Å². The van der Waals surface area contributed by atoms with E-state index in [4.69, 9.17) is 10.5 Å². The summed E-state index contributed by atoms with van der Waals surface area (Å²) in [6.45, 7) is -0.243. The summed E-state index contributed by atoms with van der Waals surface area (Å²) in [5.41, 5.74) is 6.64. The van der Waals surface area contributed by atoms with E-state index in [9.17, 15) is 14.4 Å². The number of benzene rings is 2. The number of carbonyl (C=O) groups is 3. The molecule has 2 aromatic rings. The molecule has 0 saturated heterocycles. The number of hydrogen-bond acceptors (Lipinski definition) is 4. The Balaban J connectivity index is 1.97. The van der Waals surface area contributed by atoms with Crippen molar-refractivity contribution in [1.82, 2.24) is 5.32 Å². The van der Waals surface area contributed by atoms with Crippen molar-refractivity contribution in [2.75, 3.05) is 19.0 Å². The van der Waals surface area contributed by atoms with Gasteiger partial charge in [0.2, 0.25) is 11.8 Å². The molecule has 0 bridgehead atoms. The molecule has 0 spiro atoms. The first-order valence-electron chi connectivity index (χ1n) is 7.57. The lowest BCUT2D eigenvalue weighted by molar-refractivity contribution is -0.117. The second kappa shape index (κ2) is 8.49. The summed E-state index contributed by atoms with van der Waals surface area (Å²) in [7, 11) is 1.58. The summed E-state index contributed by atoms with van der Waals surface area (Å²) in [5, 5.41) is 5.13. The van der Waals surface area contributed by atoms with Crippen molar-refractivity contribution in [2.24, 2.45) is 5.73 Å². The number of rotatable bonds is 7. The van der Waals surface area contributed by atoms with Crippen molar-refractivity contribution in [3.8, 4) is 5.75 Å². The van der Waals surface area contributed by atoms with Gasteiger partial charge in [-0.15, -0.1) is 0 Å². The van der Waals surface area contributed by atoms with Gasteiger partial charge in [-0.1, -0.05) is 18.2 Å². The maximum absolute atomic E-state index is 12.1. The van der Waals surface area contributed by atoms with Crippen LogP contribution in [0.3, 0.4) is 0 Å². The van der Waals surface area contributed by atoms with Gasteiger partial charge in [-0.25, -0.2) is 0 Å². The van der Waals surface area contributed by atoms with Gasteiger partial charge in [-0.05, 0) is 35.9 Å². The number of anilines is 1. The second-order valence-corrected chi connectivity index (χ2v) is 5.30. The van der Waals surface area contributed by atoms with Crippen LogP contribution in [0.1, 0.15) is 15.9 Å². The van der Waals surface area contributed by atoms with Gasteiger partial charge in [0.1, 0.15) is 5.75 Å². The van der Waals surface area contributed by atoms with Gasteiger partial charge in [-0.2, -0.15) is 0 Å². The number of ether oxygens (including phenoxy) is 1. The minimum absolute atomic E-state index is 0.197. The van der Waals surface area contributed by atoms with Crippen molar-refractivity contribution >= 4 is 23.4 Å². The Bertz CT molecular complexity index is 772. The first kappa shape index (κ1) is 18.0. The summed E-state index contributed by atoms with van der Waals surface area (Å²) >= 11 is 0. The second-order valence-electron chi connectivity index (χ2n) is 5.30. The molecule has 0 aliphatic carbocycles. The maximum Gasteiger partial charge on any atom is 0.251 e. The Hall–Kier alpha value is -3.35. The van der Waals surface area contributed by atoms with E-state index in [1.165, 1.54) is 6.07 Å². The molecule has 0 aliphatic rings. The fraction of sp³-hybridized carbons (Fsp3) is 0.167. The molecule has 0 atom stereocenters. The Kier molecular flexibility index (Phi) is 6.11. The molecule has 0 heterocycles. The van der Waals surface area contributed by atoms with Crippen LogP contribution in [0.2, 0.25) is 0 Å². The molecule has 0 radical (unpaired) electrons. The Morgan fingerprint density at radius 2 is 1.80 bits per heavy atom. The van der Waals surface area contributed by atoms with Crippen LogP contribution in [0.25, 0.3) is 0 Å². The topological polar surface area (TPSA) is 111 Å². The number of hydrogen-bond donors (Lipinski definition) is 3. The van der Waals surface area contributed by atoms with Gasteiger partial charge in [0.25, 0.3) is 5.91 Å². The van der Waals surface area contributed by atoms with Gasteiger partial charge >= 0.3 is 0 Å². The Labute approximate surface area is 145 Å². The molecule has 3 amide bonds. The number of carbonyl (C=O) groups excluding carboxylic acids is 3. The molecule has 2 rings (SSSR count). The highest BCUT2D eigenvalue weighted by molar-refractivity contribution is 5.98. The minimum atomic E-state index is -0.628. The molecule has 0 fully saturated rings. The molecule has 25 heavy (non-hydrogen) atoms. The normalized spacial score (nSPS) is 9.96. The summed E-state index contributed by atoms with van der Waals surface area (Å²) in [5.74, 6) is -0.555. The molecule has 0 unspecified atom stereocenters. The van der Waals surface area contributed by atoms with Crippen LogP contribution in [-0.4, -0.2) is 31.4 Å². The highest BCUT2D eigenvalue weighted by Gasteiger charge is 2.09. The van der Waals surface area contributed by atoms with Gasteiger partial charge in [0, 0.05) is 11.3 Å². The number of nitrogens with one attached hydrogen (secondary N) is 2. The van der Waals surface area contributed by atoms with Crippen LogP contribution in [0.4, 0.5) is 5.69 Å². The highest BCUT2D eigenvalue weighted by Crippen LogP contribution is 2.14. The van der Waals surface area contributed by atoms with Gasteiger partial charge in [0.15, 0.2) is 0 Å². The van der Waals surface area contributed by atoms with E-state index in [1.54, 1.807) is 37.4 Å². The minimum Gasteiger partial charge on any atom is -0.497 e. The molecule has 0 saturated carbocycles. The van der Waals surface area contributed by atoms with Gasteiger partial charge in [0.05, 0.1) is 20.1 Å². The van der Waals surface area contributed by atoms with E-state index < -0.39 is 11.8 Å². The average Bonchev–Trinajstić information content (AvgIpc) is 2.60. The largest absolute Gasteiger partial charge is 0.497 e. The van der Waals surface area contributed by atoms with Crippen LogP contribution in [0, 0.1) is 0 Å². The van der Waals surface area contributed by atoms with Crippen LogP contribution in [0.15, 0.2) is 48.5 Å². The fourth-order valence-corrected chi connectivity index (χ4v) is 2.14. The van der Waals surface area contributed by atoms with E-state index in [2.05, 4.69) is 10.6 Å². The van der Waals surface area contributed by atoms with Gasteiger partial charge in [-0.3, -0.25) is 14.4 Å². The standard InChI is InChI=1S/C18H19N3O4/c1-25-15-7-5-12(6-8-15)9-17(23)21-14-4-2-3-13(10-14)18(24)20-11-16(19)22/h2-8,10H,9,11H2,1H3,(H2,19,22)(H,20,24)(H,21,23). The Morgan fingerprint density at radius 1 is 1.08 bits per heavy atom. The third-order valence-electron chi connectivity index (χ3n) is 3.36. The third kappa shape index (κ3) is 5.65. The Morgan fingerprint density at radius 3 is 2.44 bits per heavy atom. The molecule has 0 aromatic heterocycles. The van der Waals surface area contributed by atoms with Gasteiger partial charge < -0.3 is 21.1 Å². The molecule has 0 aliphatic heterocycles. The van der Waals surface area contributed by atoms with Crippen LogP contribution >= 0.6 is 0 Å². The molecule has 2 aromatic carbocycles. The average molecular weight is 341 g/mol. The summed E-state index contributed by atoms with van der Waals surface area (Å²) in [6.07, 6.45) is 0.197. The van der Waals surface area contributed by atoms with Crippen LogP contribution in [0.5, 0.6) is 5.75 Å². The third-order valence-corrected chi connectivity index (χ3v) is 3.36. The molecule has 7 heteroatoms. The fourth-order valence-electron chi connectivity index (χ4n) is 2.14. The first-order chi connectivity index (χ1) is 12.0. The zero-order chi connectivity index (χ0) is 18.2. The smallest absolute Gasteiger partial charge is 0.251 e. The lowest BCUT2D eigenvalue weighted by Gasteiger charge is -2.08. The predicted molar refractivity (Wildman–Crippen MR) is 93.3 cm³/mol. The van der Waals surface area contributed by atoms with E-state index in [-0.39, 0.29) is 18.9 Å². The van der Waals surface area contributed by atoms with E-state index in [0.29, 0.717) is 11.3 Å². The highest BCUT2D eigenvalue weighted by atomic mass is 16.5. The summed E-state index contributed by atoms with van der Waals surface area (Å²) in [6, 6.07) is 13.6. The van der Waals surface area contributed by atoms with Crippen LogP contribution < -0.4 is 21.1 Å². The van der Waals surface area contributed by atoms with Crippen molar-refractivity contribution in [1.29, 1.82) is 0 Å².